The molecule has 0 N–H and O–H groups in total. The molecule has 1 aliphatic rings. The first-order chi connectivity index (χ1) is 26.2. The van der Waals surface area contributed by atoms with Crippen molar-refractivity contribution in [1.29, 1.82) is 0 Å². The van der Waals surface area contributed by atoms with E-state index in [1.807, 2.05) is 84.1 Å². The summed E-state index contributed by atoms with van der Waals surface area (Å²) in [5.41, 5.74) is 6.64. The van der Waals surface area contributed by atoms with E-state index < -0.39 is 30.5 Å². The molecule has 1 saturated heterocycles. The summed E-state index contributed by atoms with van der Waals surface area (Å²) in [4.78, 5) is 2.76. The number of hydrogen-bond donors (Lipinski definition) is 0. The van der Waals surface area contributed by atoms with Gasteiger partial charge in [0.05, 0.1) is 33.0 Å². The van der Waals surface area contributed by atoms with Crippen molar-refractivity contribution in [2.24, 2.45) is 0 Å². The van der Waals surface area contributed by atoms with Gasteiger partial charge in [-0.2, -0.15) is 0 Å². The lowest BCUT2D eigenvalue weighted by molar-refractivity contribution is -0.275. The largest absolute Gasteiger partial charge is 0.374 e. The van der Waals surface area contributed by atoms with E-state index in [-0.39, 0.29) is 0 Å². The molecule has 6 aromatic rings. The van der Waals surface area contributed by atoms with Gasteiger partial charge in [0.2, 0.25) is 0 Å². The zero-order chi connectivity index (χ0) is 36.1. The van der Waals surface area contributed by atoms with Gasteiger partial charge in [-0.05, 0) is 51.9 Å². The quantitative estimate of drug-likeness (QED) is 0.0937. The van der Waals surface area contributed by atoms with Crippen LogP contribution >= 0.6 is 11.3 Å². The molecule has 7 rings (SSSR count). The van der Waals surface area contributed by atoms with Crippen LogP contribution in [0.3, 0.4) is 0 Å². The molecule has 0 aliphatic carbocycles. The second-order valence-electron chi connectivity index (χ2n) is 13.5. The van der Waals surface area contributed by atoms with Crippen molar-refractivity contribution in [3.05, 3.63) is 201 Å². The lowest BCUT2D eigenvalue weighted by Gasteiger charge is -2.46. The van der Waals surface area contributed by atoms with Crippen LogP contribution in [0.4, 0.5) is 0 Å². The summed E-state index contributed by atoms with van der Waals surface area (Å²) in [5, 5.41) is 0. The maximum absolute atomic E-state index is 7.17. The van der Waals surface area contributed by atoms with E-state index in [1.54, 1.807) is 0 Å². The molecule has 1 aliphatic heterocycles. The summed E-state index contributed by atoms with van der Waals surface area (Å²) >= 11 is 1.88. The molecule has 53 heavy (non-hydrogen) atoms. The molecule has 0 bridgehead atoms. The van der Waals surface area contributed by atoms with Crippen molar-refractivity contribution >= 4 is 11.3 Å². The van der Waals surface area contributed by atoms with Gasteiger partial charge in [0.25, 0.3) is 0 Å². The number of benzene rings is 5. The Morgan fingerprint density at radius 2 is 0.981 bits per heavy atom. The van der Waals surface area contributed by atoms with Gasteiger partial charge < -0.3 is 23.7 Å². The number of ether oxygens (including phenoxy) is 5. The van der Waals surface area contributed by atoms with Gasteiger partial charge in [-0.1, -0.05) is 153 Å². The maximum Gasteiger partial charge on any atom is 0.117 e. The molecule has 5 atom stereocenters. The Morgan fingerprint density at radius 1 is 0.491 bits per heavy atom. The SMILES string of the molecule is CCc1ccc(Cc2cccc([C@@H]3O[C@H](COCc4ccccc4)[C@@H](OCc4ccccc4)[C@H](OCc4ccccc4)[C@H]3OCc3ccccc3)c2)s1. The molecule has 5 aromatic carbocycles. The smallest absolute Gasteiger partial charge is 0.117 e. The van der Waals surface area contributed by atoms with Crippen LogP contribution in [0.5, 0.6) is 0 Å². The standard InChI is InChI=1S/C47H48O5S/c1-2-41-26-27-42(53-41)29-39-24-15-25-40(28-39)44-46(50-32-37-20-11-5-12-21-37)47(51-33-38-22-13-6-14-23-38)45(49-31-36-18-9-4-10-19-36)43(52-44)34-48-30-35-16-7-3-8-17-35/h3-28,43-47H,2,29-34H2,1H3/t43-,44+,45-,46+,47+/m1/s1. The molecule has 1 aromatic heterocycles. The molecular weight excluding hydrogens is 677 g/mol. The molecule has 2 heterocycles. The summed E-state index contributed by atoms with van der Waals surface area (Å²) in [6.07, 6.45) is -0.385. The van der Waals surface area contributed by atoms with Crippen LogP contribution in [-0.4, -0.2) is 31.0 Å². The van der Waals surface area contributed by atoms with E-state index >= 15 is 0 Å². The third-order valence-electron chi connectivity index (χ3n) is 9.61. The second kappa shape index (κ2) is 19.1. The van der Waals surface area contributed by atoms with Crippen LogP contribution < -0.4 is 0 Å². The van der Waals surface area contributed by atoms with Gasteiger partial charge in [-0.3, -0.25) is 0 Å². The summed E-state index contributed by atoms with van der Waals surface area (Å²) in [5.74, 6) is 0. The van der Waals surface area contributed by atoms with Gasteiger partial charge in [0.1, 0.15) is 30.5 Å². The minimum absolute atomic E-state index is 0.329. The first kappa shape index (κ1) is 36.9. The minimum Gasteiger partial charge on any atom is -0.374 e. The van der Waals surface area contributed by atoms with Gasteiger partial charge >= 0.3 is 0 Å². The van der Waals surface area contributed by atoms with Crippen LogP contribution in [0.25, 0.3) is 0 Å². The van der Waals surface area contributed by atoms with Crippen molar-refractivity contribution in [3.63, 3.8) is 0 Å². The number of hydrogen-bond acceptors (Lipinski definition) is 6. The van der Waals surface area contributed by atoms with Crippen molar-refractivity contribution < 1.29 is 23.7 Å². The summed E-state index contributed by atoms with van der Waals surface area (Å²) in [6, 6.07) is 54.3. The van der Waals surface area contributed by atoms with E-state index in [0.717, 1.165) is 40.7 Å². The molecule has 0 amide bonds. The van der Waals surface area contributed by atoms with E-state index in [4.69, 9.17) is 23.7 Å². The lowest BCUT2D eigenvalue weighted by Crippen LogP contribution is -2.58. The summed E-state index contributed by atoms with van der Waals surface area (Å²) < 4.78 is 34.4. The van der Waals surface area contributed by atoms with Crippen LogP contribution in [0.15, 0.2) is 158 Å². The molecular formula is C47H48O5S. The fourth-order valence-electron chi connectivity index (χ4n) is 6.85. The third kappa shape index (κ3) is 10.4. The Labute approximate surface area is 318 Å². The molecule has 0 spiro atoms. The first-order valence-corrected chi connectivity index (χ1v) is 19.4. The molecule has 0 saturated carbocycles. The Hall–Kier alpha value is -4.40. The van der Waals surface area contributed by atoms with Crippen LogP contribution in [-0.2, 0) is 63.0 Å². The fourth-order valence-corrected chi connectivity index (χ4v) is 7.84. The molecule has 1 fully saturated rings. The van der Waals surface area contributed by atoms with Crippen molar-refractivity contribution in [3.8, 4) is 0 Å². The normalized spacial score (nSPS) is 20.0. The summed E-state index contributed by atoms with van der Waals surface area (Å²) in [6.45, 7) is 4.23. The van der Waals surface area contributed by atoms with Crippen LogP contribution in [0, 0.1) is 0 Å². The number of rotatable bonds is 17. The monoisotopic (exact) mass is 724 g/mol. The lowest BCUT2D eigenvalue weighted by atomic mass is 9.89. The van der Waals surface area contributed by atoms with Gasteiger partial charge in [-0.25, -0.2) is 0 Å². The topological polar surface area (TPSA) is 46.2 Å². The van der Waals surface area contributed by atoms with Crippen molar-refractivity contribution in [2.45, 2.75) is 76.7 Å². The highest BCUT2D eigenvalue weighted by atomic mass is 32.1. The molecule has 6 heteroatoms. The first-order valence-electron chi connectivity index (χ1n) is 18.6. The Bertz CT molecular complexity index is 1930. The maximum atomic E-state index is 7.17. The number of aryl methyl sites for hydroxylation is 1. The van der Waals surface area contributed by atoms with E-state index in [9.17, 15) is 0 Å². The molecule has 5 nitrogen and oxygen atoms in total. The number of thiophene rings is 1. The zero-order valence-electron chi connectivity index (χ0n) is 30.3. The fraction of sp³-hybridized carbons (Fsp3) is 0.277. The Balaban J connectivity index is 1.24. The average Bonchev–Trinajstić information content (AvgIpc) is 3.68. The van der Waals surface area contributed by atoms with Crippen molar-refractivity contribution in [1.82, 2.24) is 0 Å². The predicted molar refractivity (Wildman–Crippen MR) is 212 cm³/mol. The van der Waals surface area contributed by atoms with Crippen LogP contribution in [0.2, 0.25) is 0 Å². The Morgan fingerprint density at radius 3 is 1.53 bits per heavy atom. The van der Waals surface area contributed by atoms with Gasteiger partial charge in [-0.15, -0.1) is 11.3 Å². The third-order valence-corrected chi connectivity index (χ3v) is 10.8. The molecule has 0 radical (unpaired) electrons. The predicted octanol–water partition coefficient (Wildman–Crippen LogP) is 10.3. The van der Waals surface area contributed by atoms with Gasteiger partial charge in [0, 0.05) is 16.2 Å². The van der Waals surface area contributed by atoms with Crippen molar-refractivity contribution in [2.75, 3.05) is 6.61 Å². The van der Waals surface area contributed by atoms with Gasteiger partial charge in [0.15, 0.2) is 0 Å². The Kier molecular flexibility index (Phi) is 13.3. The average molecular weight is 725 g/mol. The highest BCUT2D eigenvalue weighted by Crippen LogP contribution is 2.39. The highest BCUT2D eigenvalue weighted by Gasteiger charge is 2.49. The van der Waals surface area contributed by atoms with E-state index in [0.29, 0.717) is 33.0 Å². The molecule has 0 unspecified atom stereocenters. The zero-order valence-corrected chi connectivity index (χ0v) is 31.1. The summed E-state index contributed by atoms with van der Waals surface area (Å²) in [7, 11) is 0. The second-order valence-corrected chi connectivity index (χ2v) is 14.8. The minimum atomic E-state index is -0.478. The molecule has 272 valence electrons. The highest BCUT2D eigenvalue weighted by molar-refractivity contribution is 7.12. The van der Waals surface area contributed by atoms with E-state index in [2.05, 4.69) is 91.9 Å². The van der Waals surface area contributed by atoms with Crippen LogP contribution in [0.1, 0.15) is 56.2 Å². The van der Waals surface area contributed by atoms with E-state index in [1.165, 1.54) is 15.3 Å².